The van der Waals surface area contributed by atoms with Crippen LogP contribution in [0.1, 0.15) is 36.2 Å². The highest BCUT2D eigenvalue weighted by Crippen LogP contribution is 2.27. The molecule has 9 heteroatoms. The second-order valence-electron chi connectivity index (χ2n) is 8.94. The summed E-state index contributed by atoms with van der Waals surface area (Å²) in [6.07, 6.45) is 0.657. The highest BCUT2D eigenvalue weighted by Gasteiger charge is 2.36. The summed E-state index contributed by atoms with van der Waals surface area (Å²) < 4.78 is 5.04. The molecule has 1 atom stereocenters. The number of anilines is 2. The molecule has 2 aliphatic heterocycles. The number of hydrogen-bond acceptors (Lipinski definition) is 5. The van der Waals surface area contributed by atoms with Crippen molar-refractivity contribution in [2.45, 2.75) is 26.7 Å². The number of para-hydroxylation sites is 1. The van der Waals surface area contributed by atoms with Crippen LogP contribution < -0.4 is 10.2 Å². The van der Waals surface area contributed by atoms with Crippen molar-refractivity contribution in [3.05, 3.63) is 59.7 Å². The monoisotopic (exact) mass is 492 g/mol. The molecule has 0 aliphatic carbocycles. The fourth-order valence-electron chi connectivity index (χ4n) is 4.53. The highest BCUT2D eigenvalue weighted by atomic mass is 16.6. The molecule has 0 spiro atoms. The Balaban J connectivity index is 1.39. The van der Waals surface area contributed by atoms with Gasteiger partial charge in [0.1, 0.15) is 0 Å². The average Bonchev–Trinajstić information content (AvgIpc) is 3.30. The van der Waals surface area contributed by atoms with Crippen LogP contribution in [0, 0.1) is 5.92 Å². The summed E-state index contributed by atoms with van der Waals surface area (Å²) in [5, 5.41) is 2.88. The number of nitrogens with zero attached hydrogens (tertiary/aromatic N) is 3. The smallest absolute Gasteiger partial charge is 0.409 e. The Morgan fingerprint density at radius 3 is 2.28 bits per heavy atom. The Morgan fingerprint density at radius 1 is 0.944 bits per heavy atom. The lowest BCUT2D eigenvalue weighted by Crippen LogP contribution is -2.50. The number of aryl methyl sites for hydroxylation is 1. The van der Waals surface area contributed by atoms with Gasteiger partial charge in [0, 0.05) is 44.8 Å². The molecule has 2 saturated heterocycles. The molecule has 2 heterocycles. The molecular weight excluding hydrogens is 460 g/mol. The van der Waals surface area contributed by atoms with E-state index in [0.717, 1.165) is 12.1 Å². The van der Waals surface area contributed by atoms with E-state index in [1.807, 2.05) is 24.3 Å². The molecule has 1 unspecified atom stereocenters. The van der Waals surface area contributed by atoms with Crippen molar-refractivity contribution >= 4 is 35.2 Å². The minimum atomic E-state index is -0.514. The van der Waals surface area contributed by atoms with Gasteiger partial charge >= 0.3 is 6.09 Å². The van der Waals surface area contributed by atoms with Gasteiger partial charge in [0.05, 0.1) is 23.8 Å². The van der Waals surface area contributed by atoms with E-state index in [9.17, 15) is 19.2 Å². The molecule has 0 radical (unpaired) electrons. The average molecular weight is 493 g/mol. The molecule has 2 aliphatic rings. The number of benzene rings is 2. The van der Waals surface area contributed by atoms with Crippen molar-refractivity contribution in [3.8, 4) is 0 Å². The molecule has 0 saturated carbocycles. The van der Waals surface area contributed by atoms with Crippen LogP contribution in [0.15, 0.2) is 48.5 Å². The standard InChI is InChI=1S/C27H32N4O5/c1-3-19-9-11-21(12-10-19)31-18-20(17-24(31)32)25(33)28-23-8-6-5-7-22(23)26(34)29-13-15-30(16-14-29)27(35)36-4-2/h5-12,20H,3-4,13-18H2,1-2H3,(H,28,33). The number of carbonyl (C=O) groups excluding carboxylic acids is 4. The first-order chi connectivity index (χ1) is 17.4. The molecule has 2 aromatic carbocycles. The summed E-state index contributed by atoms with van der Waals surface area (Å²) in [6.45, 7) is 5.96. The molecule has 0 aromatic heterocycles. The van der Waals surface area contributed by atoms with Crippen molar-refractivity contribution in [2.24, 2.45) is 5.92 Å². The number of nitrogens with one attached hydrogen (secondary N) is 1. The zero-order valence-electron chi connectivity index (χ0n) is 20.7. The third kappa shape index (κ3) is 5.50. The van der Waals surface area contributed by atoms with Gasteiger partial charge in [0.2, 0.25) is 11.8 Å². The van der Waals surface area contributed by atoms with Crippen molar-refractivity contribution in [2.75, 3.05) is 49.5 Å². The summed E-state index contributed by atoms with van der Waals surface area (Å²) in [7, 11) is 0. The van der Waals surface area contributed by atoms with Crippen molar-refractivity contribution in [3.63, 3.8) is 0 Å². The van der Waals surface area contributed by atoms with Gasteiger partial charge in [-0.2, -0.15) is 0 Å². The number of carbonyl (C=O) groups is 4. The molecule has 4 rings (SSSR count). The van der Waals surface area contributed by atoms with Gasteiger partial charge in [-0.25, -0.2) is 4.79 Å². The molecule has 0 bridgehead atoms. The van der Waals surface area contributed by atoms with Gasteiger partial charge in [-0.3, -0.25) is 14.4 Å². The molecule has 36 heavy (non-hydrogen) atoms. The molecule has 1 N–H and O–H groups in total. The van der Waals surface area contributed by atoms with Crippen LogP contribution in [0.3, 0.4) is 0 Å². The van der Waals surface area contributed by atoms with Gasteiger partial charge in [-0.15, -0.1) is 0 Å². The maximum atomic E-state index is 13.2. The number of amides is 4. The largest absolute Gasteiger partial charge is 0.450 e. The topological polar surface area (TPSA) is 99.3 Å². The third-order valence-electron chi connectivity index (χ3n) is 6.66. The molecule has 2 aromatic rings. The minimum absolute atomic E-state index is 0.0942. The Kier molecular flexibility index (Phi) is 7.87. The number of ether oxygens (including phenoxy) is 1. The van der Waals surface area contributed by atoms with Gasteiger partial charge < -0.3 is 24.8 Å². The lowest BCUT2D eigenvalue weighted by atomic mass is 10.1. The summed E-state index contributed by atoms with van der Waals surface area (Å²) in [4.78, 5) is 55.8. The van der Waals surface area contributed by atoms with E-state index in [2.05, 4.69) is 12.2 Å². The van der Waals surface area contributed by atoms with Crippen LogP contribution in [0.5, 0.6) is 0 Å². The Morgan fingerprint density at radius 2 is 1.61 bits per heavy atom. The lowest BCUT2D eigenvalue weighted by Gasteiger charge is -2.34. The van der Waals surface area contributed by atoms with Gasteiger partial charge in [0.25, 0.3) is 5.91 Å². The summed E-state index contributed by atoms with van der Waals surface area (Å²) in [5.41, 5.74) is 2.76. The molecular formula is C27H32N4O5. The maximum absolute atomic E-state index is 13.2. The first-order valence-corrected chi connectivity index (χ1v) is 12.4. The quantitative estimate of drug-likeness (QED) is 0.668. The van der Waals surface area contributed by atoms with E-state index in [1.165, 1.54) is 5.56 Å². The molecule has 2 fully saturated rings. The minimum Gasteiger partial charge on any atom is -0.450 e. The van der Waals surface area contributed by atoms with Crippen LogP contribution in [0.25, 0.3) is 0 Å². The van der Waals surface area contributed by atoms with E-state index in [1.54, 1.807) is 45.9 Å². The van der Waals surface area contributed by atoms with E-state index in [-0.39, 0.29) is 30.2 Å². The van der Waals surface area contributed by atoms with Crippen LogP contribution >= 0.6 is 0 Å². The van der Waals surface area contributed by atoms with Crippen LogP contribution in [0.4, 0.5) is 16.2 Å². The van der Waals surface area contributed by atoms with Crippen LogP contribution in [-0.2, 0) is 20.7 Å². The summed E-state index contributed by atoms with van der Waals surface area (Å²) >= 11 is 0. The number of hydrogen-bond donors (Lipinski definition) is 1. The van der Waals surface area contributed by atoms with Gasteiger partial charge in [-0.05, 0) is 43.2 Å². The Labute approximate surface area is 211 Å². The zero-order valence-corrected chi connectivity index (χ0v) is 20.7. The van der Waals surface area contributed by atoms with Crippen molar-refractivity contribution in [1.29, 1.82) is 0 Å². The van der Waals surface area contributed by atoms with Crippen molar-refractivity contribution < 1.29 is 23.9 Å². The van der Waals surface area contributed by atoms with Crippen molar-refractivity contribution in [1.82, 2.24) is 9.80 Å². The number of piperazine rings is 1. The first-order valence-electron chi connectivity index (χ1n) is 12.4. The second-order valence-corrected chi connectivity index (χ2v) is 8.94. The summed E-state index contributed by atoms with van der Waals surface area (Å²) in [5.74, 6) is -1.11. The van der Waals surface area contributed by atoms with E-state index in [4.69, 9.17) is 4.74 Å². The third-order valence-corrected chi connectivity index (χ3v) is 6.66. The maximum Gasteiger partial charge on any atom is 0.409 e. The lowest BCUT2D eigenvalue weighted by molar-refractivity contribution is -0.122. The first kappa shape index (κ1) is 25.2. The SMILES string of the molecule is CCOC(=O)N1CCN(C(=O)c2ccccc2NC(=O)C2CC(=O)N(c3ccc(CC)cc3)C2)CC1. The second kappa shape index (κ2) is 11.2. The summed E-state index contributed by atoms with van der Waals surface area (Å²) in [6, 6.07) is 14.7. The Hall–Kier alpha value is -3.88. The fourth-order valence-corrected chi connectivity index (χ4v) is 4.53. The fraction of sp³-hybridized carbons (Fsp3) is 0.407. The molecule has 9 nitrogen and oxygen atoms in total. The predicted octanol–water partition coefficient (Wildman–Crippen LogP) is 3.15. The number of rotatable bonds is 6. The molecule has 190 valence electrons. The molecule has 4 amide bonds. The van der Waals surface area contributed by atoms with Crippen LogP contribution in [0.2, 0.25) is 0 Å². The van der Waals surface area contributed by atoms with Gasteiger partial charge in [-0.1, -0.05) is 31.2 Å². The van der Waals surface area contributed by atoms with E-state index in [0.29, 0.717) is 50.6 Å². The van der Waals surface area contributed by atoms with E-state index >= 15 is 0 Å². The normalized spacial score (nSPS) is 17.8. The zero-order chi connectivity index (χ0) is 25.7. The van der Waals surface area contributed by atoms with Gasteiger partial charge in [0.15, 0.2) is 0 Å². The predicted molar refractivity (Wildman–Crippen MR) is 136 cm³/mol. The Bertz CT molecular complexity index is 1130. The highest BCUT2D eigenvalue weighted by molar-refractivity contribution is 6.07. The van der Waals surface area contributed by atoms with Crippen LogP contribution in [-0.4, -0.2) is 72.9 Å². The van der Waals surface area contributed by atoms with E-state index < -0.39 is 5.92 Å².